The minimum absolute atomic E-state index is 0.0162. The molecule has 1 saturated carbocycles. The Morgan fingerprint density at radius 2 is 1.82 bits per heavy atom. The van der Waals surface area contributed by atoms with Crippen molar-refractivity contribution in [1.82, 2.24) is 20.0 Å². The molecule has 1 fully saturated rings. The lowest BCUT2D eigenvalue weighted by molar-refractivity contribution is -0.206. The summed E-state index contributed by atoms with van der Waals surface area (Å²) in [5, 5.41) is 34.1. The smallest absolute Gasteiger partial charge is 0.382 e. The van der Waals surface area contributed by atoms with E-state index in [0.717, 1.165) is 13.8 Å². The molecule has 2 heterocycles. The summed E-state index contributed by atoms with van der Waals surface area (Å²) >= 11 is 6.60. The molecule has 228 valence electrons. The Morgan fingerprint density at radius 3 is 2.43 bits per heavy atom. The van der Waals surface area contributed by atoms with E-state index in [1.165, 1.54) is 17.1 Å². The number of benzene rings is 2. The number of halogens is 6. The van der Waals surface area contributed by atoms with Gasteiger partial charge < -0.3 is 10.6 Å². The third-order valence-electron chi connectivity index (χ3n) is 8.07. The van der Waals surface area contributed by atoms with Crippen LogP contribution in [0.15, 0.2) is 42.7 Å². The summed E-state index contributed by atoms with van der Waals surface area (Å²) < 4.78 is 69.7. The second-order valence-corrected chi connectivity index (χ2v) is 11.9. The average Bonchev–Trinajstić information content (AvgIpc) is 3.64. The summed E-state index contributed by atoms with van der Waals surface area (Å²) in [4.78, 5) is 4.26. The Bertz CT molecular complexity index is 1820. The van der Waals surface area contributed by atoms with Crippen LogP contribution in [0.2, 0.25) is 5.02 Å². The van der Waals surface area contributed by atoms with Crippen LogP contribution in [0.25, 0.3) is 10.9 Å². The molecule has 0 amide bonds. The van der Waals surface area contributed by atoms with Crippen molar-refractivity contribution in [1.29, 1.82) is 10.5 Å². The molecule has 1 aliphatic carbocycles. The SMILES string of the molecule is Cc1c(C#N)cccc1C(Nc1cc(Cl)c2ncc(C#N)c(NCC(C)(C)C(F)(F)F)c2c1)c1cn(C2(C(F)F)CC2)nn1. The van der Waals surface area contributed by atoms with Crippen LogP contribution in [0.3, 0.4) is 0 Å². The lowest BCUT2D eigenvalue weighted by Gasteiger charge is -2.28. The molecule has 5 rings (SSSR count). The largest absolute Gasteiger partial charge is 0.395 e. The van der Waals surface area contributed by atoms with Gasteiger partial charge in [0.2, 0.25) is 0 Å². The van der Waals surface area contributed by atoms with Crippen molar-refractivity contribution in [3.63, 3.8) is 0 Å². The monoisotopic (exact) mass is 628 g/mol. The summed E-state index contributed by atoms with van der Waals surface area (Å²) in [6, 6.07) is 11.5. The van der Waals surface area contributed by atoms with E-state index >= 15 is 0 Å². The number of aromatic nitrogens is 4. The Hall–Kier alpha value is -4.49. The fourth-order valence-corrected chi connectivity index (χ4v) is 5.16. The van der Waals surface area contributed by atoms with Crippen molar-refractivity contribution >= 4 is 33.9 Å². The van der Waals surface area contributed by atoms with Gasteiger partial charge in [-0.25, -0.2) is 13.5 Å². The molecule has 0 spiro atoms. The van der Waals surface area contributed by atoms with E-state index in [1.54, 1.807) is 37.3 Å². The predicted octanol–water partition coefficient (Wildman–Crippen LogP) is 7.49. The molecule has 1 atom stereocenters. The van der Waals surface area contributed by atoms with Crippen molar-refractivity contribution in [2.45, 2.75) is 57.8 Å². The number of hydrogen-bond donors (Lipinski definition) is 2. The number of nitrogens with zero attached hydrogens (tertiary/aromatic N) is 6. The summed E-state index contributed by atoms with van der Waals surface area (Å²) in [6.45, 7) is 3.31. The highest BCUT2D eigenvalue weighted by atomic mass is 35.5. The first kappa shape index (κ1) is 31.0. The maximum Gasteiger partial charge on any atom is 0.395 e. The van der Waals surface area contributed by atoms with Gasteiger partial charge in [0.1, 0.15) is 17.3 Å². The molecule has 1 unspecified atom stereocenters. The Kier molecular flexibility index (Phi) is 7.89. The van der Waals surface area contributed by atoms with E-state index in [4.69, 9.17) is 11.6 Å². The predicted molar refractivity (Wildman–Crippen MR) is 154 cm³/mol. The number of hydrogen-bond acceptors (Lipinski definition) is 7. The standard InChI is InChI=1S/C30H26ClF5N8/c1-16-17(11-37)5-4-6-20(16)26(23-14-44(43-42-23)29(7-8-29)27(32)33)41-19-9-21-24(40-15-28(2,3)30(34,35)36)18(12-38)13-39-25(21)22(31)10-19/h4-6,9-10,13-14,26-27,41H,7-8,15H2,1-3H3,(H,39,40). The summed E-state index contributed by atoms with van der Waals surface area (Å²) in [5.41, 5.74) is -0.859. The zero-order valence-electron chi connectivity index (χ0n) is 23.8. The lowest BCUT2D eigenvalue weighted by atomic mass is 9.92. The fourth-order valence-electron chi connectivity index (χ4n) is 4.89. The van der Waals surface area contributed by atoms with E-state index in [9.17, 15) is 32.5 Å². The number of nitrogens with one attached hydrogen (secondary N) is 2. The van der Waals surface area contributed by atoms with Crippen molar-refractivity contribution in [2.24, 2.45) is 5.41 Å². The second-order valence-electron chi connectivity index (χ2n) is 11.4. The molecule has 2 aromatic heterocycles. The second kappa shape index (κ2) is 11.2. The summed E-state index contributed by atoms with van der Waals surface area (Å²) in [5.74, 6) is 0. The van der Waals surface area contributed by atoms with Gasteiger partial charge in [0.15, 0.2) is 0 Å². The van der Waals surface area contributed by atoms with Gasteiger partial charge in [0, 0.05) is 23.8 Å². The third-order valence-corrected chi connectivity index (χ3v) is 8.36. The molecule has 0 radical (unpaired) electrons. The minimum Gasteiger partial charge on any atom is -0.382 e. The molecule has 8 nitrogen and oxygen atoms in total. The molecule has 0 saturated heterocycles. The minimum atomic E-state index is -4.51. The van der Waals surface area contributed by atoms with E-state index in [2.05, 4.69) is 32.0 Å². The first-order valence-electron chi connectivity index (χ1n) is 13.5. The maximum absolute atomic E-state index is 13.8. The van der Waals surface area contributed by atoms with Crippen molar-refractivity contribution in [3.05, 3.63) is 75.7 Å². The maximum atomic E-state index is 13.8. The van der Waals surface area contributed by atoms with Crippen LogP contribution in [0.5, 0.6) is 0 Å². The van der Waals surface area contributed by atoms with Gasteiger partial charge in [-0.15, -0.1) is 5.10 Å². The van der Waals surface area contributed by atoms with Crippen LogP contribution in [0, 0.1) is 35.0 Å². The topological polar surface area (TPSA) is 115 Å². The molecular formula is C30H26ClF5N8. The number of anilines is 2. The zero-order valence-corrected chi connectivity index (χ0v) is 24.5. The number of alkyl halides is 5. The van der Waals surface area contributed by atoms with E-state index in [1.807, 2.05) is 6.07 Å². The number of rotatable bonds is 9. The first-order chi connectivity index (χ1) is 20.7. The van der Waals surface area contributed by atoms with Crippen LogP contribution in [0.1, 0.15) is 60.7 Å². The molecule has 2 aromatic carbocycles. The molecule has 2 N–H and O–H groups in total. The van der Waals surface area contributed by atoms with Crippen LogP contribution < -0.4 is 10.6 Å². The molecule has 44 heavy (non-hydrogen) atoms. The number of pyridine rings is 1. The van der Waals surface area contributed by atoms with Crippen molar-refractivity contribution < 1.29 is 22.0 Å². The molecular weight excluding hydrogens is 603 g/mol. The molecule has 4 aromatic rings. The van der Waals surface area contributed by atoms with Crippen LogP contribution in [-0.4, -0.2) is 39.1 Å². The third kappa shape index (κ3) is 5.48. The van der Waals surface area contributed by atoms with Crippen molar-refractivity contribution in [2.75, 3.05) is 17.2 Å². The first-order valence-corrected chi connectivity index (χ1v) is 13.9. The molecule has 14 heteroatoms. The van der Waals surface area contributed by atoms with Crippen LogP contribution in [0.4, 0.5) is 33.3 Å². The van der Waals surface area contributed by atoms with Crippen LogP contribution in [-0.2, 0) is 5.54 Å². The van der Waals surface area contributed by atoms with Gasteiger partial charge in [-0.2, -0.15) is 23.7 Å². The highest BCUT2D eigenvalue weighted by Crippen LogP contribution is 2.48. The summed E-state index contributed by atoms with van der Waals surface area (Å²) in [7, 11) is 0. The number of nitriles is 2. The Labute approximate surface area is 254 Å². The van der Waals surface area contributed by atoms with E-state index < -0.39 is 36.1 Å². The molecule has 0 bridgehead atoms. The molecule has 1 aliphatic rings. The van der Waals surface area contributed by atoms with Crippen LogP contribution >= 0.6 is 11.6 Å². The van der Waals surface area contributed by atoms with Crippen molar-refractivity contribution in [3.8, 4) is 12.1 Å². The highest BCUT2D eigenvalue weighted by molar-refractivity contribution is 6.35. The van der Waals surface area contributed by atoms with Gasteiger partial charge >= 0.3 is 6.18 Å². The van der Waals surface area contributed by atoms with Gasteiger partial charge in [-0.05, 0) is 62.9 Å². The number of fused-ring (bicyclic) bond motifs is 1. The Morgan fingerprint density at radius 1 is 1.11 bits per heavy atom. The van der Waals surface area contributed by atoms with Gasteiger partial charge in [0.25, 0.3) is 6.43 Å². The van der Waals surface area contributed by atoms with E-state index in [-0.39, 0.29) is 40.0 Å². The fraction of sp³-hybridized carbons (Fsp3) is 0.367. The van der Waals surface area contributed by atoms with Gasteiger partial charge in [-0.1, -0.05) is 28.9 Å². The normalized spacial score (nSPS) is 15.1. The lowest BCUT2D eigenvalue weighted by Crippen LogP contribution is -2.38. The average molecular weight is 629 g/mol. The Balaban J connectivity index is 1.61. The highest BCUT2D eigenvalue weighted by Gasteiger charge is 2.54. The zero-order chi connectivity index (χ0) is 32.0. The van der Waals surface area contributed by atoms with E-state index in [0.29, 0.717) is 28.1 Å². The van der Waals surface area contributed by atoms with Gasteiger partial charge in [0.05, 0.1) is 51.1 Å². The molecule has 0 aliphatic heterocycles. The van der Waals surface area contributed by atoms with Gasteiger partial charge in [-0.3, -0.25) is 4.98 Å². The quantitative estimate of drug-likeness (QED) is 0.185. The summed E-state index contributed by atoms with van der Waals surface area (Å²) in [6.07, 6.45) is -3.96.